The van der Waals surface area contributed by atoms with Gasteiger partial charge in [0.15, 0.2) is 0 Å². The minimum absolute atomic E-state index is 0.605. The van der Waals surface area contributed by atoms with Gasteiger partial charge in [-0.15, -0.1) is 0 Å². The first-order valence-electron chi connectivity index (χ1n) is 6.11. The molecule has 1 aromatic heterocycles. The van der Waals surface area contributed by atoms with Gasteiger partial charge in [-0.1, -0.05) is 29.3 Å². The Morgan fingerprint density at radius 3 is 2.50 bits per heavy atom. The van der Waals surface area contributed by atoms with Crippen LogP contribution in [0.25, 0.3) is 10.9 Å². The largest absolute Gasteiger partial charge is 0.343 e. The Morgan fingerprint density at radius 2 is 1.80 bits per heavy atom. The third kappa shape index (κ3) is 2.27. The number of aromatic nitrogens is 1. The van der Waals surface area contributed by atoms with Crippen molar-refractivity contribution < 1.29 is 0 Å². The summed E-state index contributed by atoms with van der Waals surface area (Å²) in [5.41, 5.74) is 2.61. The molecule has 0 amide bonds. The minimum Gasteiger partial charge on any atom is -0.343 e. The lowest BCUT2D eigenvalue weighted by atomic mass is 10.2. The minimum atomic E-state index is 0.605. The molecule has 2 aromatic carbocycles. The molecule has 0 N–H and O–H groups in total. The highest BCUT2D eigenvalue weighted by Crippen LogP contribution is 2.27. The lowest BCUT2D eigenvalue weighted by Gasteiger charge is -2.09. The summed E-state index contributed by atoms with van der Waals surface area (Å²) in [6, 6.07) is 15.3. The zero-order valence-corrected chi connectivity index (χ0v) is 12.0. The summed E-state index contributed by atoms with van der Waals surface area (Å²) in [7, 11) is 0. The molecule has 0 saturated heterocycles. The first kappa shape index (κ1) is 13.1. The molecular weight excluding hydrogens is 291 g/mol. The van der Waals surface area contributed by atoms with Crippen LogP contribution in [-0.2, 0) is 6.54 Å². The van der Waals surface area contributed by atoms with Crippen molar-refractivity contribution in [2.75, 3.05) is 0 Å². The summed E-state index contributed by atoms with van der Waals surface area (Å²) in [5.74, 6) is 0. The van der Waals surface area contributed by atoms with Crippen LogP contribution < -0.4 is 0 Å². The molecule has 0 aliphatic heterocycles. The van der Waals surface area contributed by atoms with E-state index in [0.29, 0.717) is 22.2 Å². The fourth-order valence-electron chi connectivity index (χ4n) is 2.26. The molecule has 0 atom stereocenters. The van der Waals surface area contributed by atoms with Gasteiger partial charge in [-0.3, -0.25) is 0 Å². The summed E-state index contributed by atoms with van der Waals surface area (Å²) >= 11 is 12.4. The second-order valence-corrected chi connectivity index (χ2v) is 5.34. The summed E-state index contributed by atoms with van der Waals surface area (Å²) in [6.07, 6.45) is 1.98. The number of hydrogen-bond donors (Lipinski definition) is 0. The van der Waals surface area contributed by atoms with E-state index in [1.165, 1.54) is 0 Å². The van der Waals surface area contributed by atoms with Crippen LogP contribution in [0.1, 0.15) is 11.1 Å². The van der Waals surface area contributed by atoms with Gasteiger partial charge in [0.05, 0.1) is 18.2 Å². The fourth-order valence-corrected chi connectivity index (χ4v) is 2.78. The smallest absolute Gasteiger partial charge is 0.0991 e. The van der Waals surface area contributed by atoms with Crippen molar-refractivity contribution in [1.82, 2.24) is 4.57 Å². The second-order valence-electron chi connectivity index (χ2n) is 4.53. The molecule has 0 unspecified atom stereocenters. The van der Waals surface area contributed by atoms with E-state index < -0.39 is 0 Å². The highest BCUT2D eigenvalue weighted by molar-refractivity contribution is 6.36. The molecule has 0 saturated carbocycles. The first-order chi connectivity index (χ1) is 9.69. The number of rotatable bonds is 2. The van der Waals surface area contributed by atoms with E-state index in [-0.39, 0.29) is 0 Å². The molecule has 0 fully saturated rings. The number of nitriles is 1. The molecular formula is C16H10Cl2N2. The van der Waals surface area contributed by atoms with Crippen LogP contribution in [0.3, 0.4) is 0 Å². The molecule has 4 heteroatoms. The van der Waals surface area contributed by atoms with Gasteiger partial charge in [0.1, 0.15) is 0 Å². The van der Waals surface area contributed by atoms with Crippen molar-refractivity contribution in [3.05, 3.63) is 69.8 Å². The van der Waals surface area contributed by atoms with E-state index in [0.717, 1.165) is 16.5 Å². The highest BCUT2D eigenvalue weighted by Gasteiger charge is 2.08. The molecule has 0 radical (unpaired) electrons. The Morgan fingerprint density at radius 1 is 1.05 bits per heavy atom. The highest BCUT2D eigenvalue weighted by atomic mass is 35.5. The van der Waals surface area contributed by atoms with Crippen LogP contribution in [0.2, 0.25) is 10.0 Å². The van der Waals surface area contributed by atoms with E-state index in [1.54, 1.807) is 0 Å². The van der Waals surface area contributed by atoms with Gasteiger partial charge >= 0.3 is 0 Å². The number of halogens is 2. The van der Waals surface area contributed by atoms with Crippen molar-refractivity contribution in [2.24, 2.45) is 0 Å². The Bertz CT molecular complexity index is 808. The van der Waals surface area contributed by atoms with Crippen LogP contribution in [0, 0.1) is 11.3 Å². The van der Waals surface area contributed by atoms with Gasteiger partial charge in [-0.05, 0) is 36.4 Å². The molecule has 3 rings (SSSR count). The van der Waals surface area contributed by atoms with Gasteiger partial charge in [0, 0.05) is 32.7 Å². The van der Waals surface area contributed by atoms with Gasteiger partial charge in [-0.25, -0.2) is 0 Å². The molecule has 0 bridgehead atoms. The summed E-state index contributed by atoms with van der Waals surface area (Å²) in [6.45, 7) is 0.605. The summed E-state index contributed by atoms with van der Waals surface area (Å²) in [4.78, 5) is 0. The maximum absolute atomic E-state index is 8.92. The van der Waals surface area contributed by atoms with Gasteiger partial charge in [-0.2, -0.15) is 5.26 Å². The first-order valence-corrected chi connectivity index (χ1v) is 6.86. The SMILES string of the molecule is N#Cc1ccc2c(ccn2Cc2c(Cl)cccc2Cl)c1. The van der Waals surface area contributed by atoms with Crippen molar-refractivity contribution in [1.29, 1.82) is 5.26 Å². The number of nitrogens with zero attached hydrogens (tertiary/aromatic N) is 2. The molecule has 0 aliphatic carbocycles. The van der Waals surface area contributed by atoms with Crippen LogP contribution in [0.5, 0.6) is 0 Å². The summed E-state index contributed by atoms with van der Waals surface area (Å²) in [5, 5.41) is 11.3. The van der Waals surface area contributed by atoms with Crippen molar-refractivity contribution >= 4 is 34.1 Å². The van der Waals surface area contributed by atoms with E-state index in [4.69, 9.17) is 28.5 Å². The number of benzene rings is 2. The standard InChI is InChI=1S/C16H10Cl2N2/c17-14-2-1-3-15(18)13(14)10-20-7-6-12-8-11(9-19)4-5-16(12)20/h1-8H,10H2. The van der Waals surface area contributed by atoms with Crippen LogP contribution >= 0.6 is 23.2 Å². The second kappa shape index (κ2) is 5.20. The maximum atomic E-state index is 8.92. The third-order valence-electron chi connectivity index (χ3n) is 3.29. The molecule has 3 aromatic rings. The van der Waals surface area contributed by atoms with E-state index in [1.807, 2.05) is 48.7 Å². The molecule has 20 heavy (non-hydrogen) atoms. The van der Waals surface area contributed by atoms with Crippen molar-refractivity contribution in [3.63, 3.8) is 0 Å². The summed E-state index contributed by atoms with van der Waals surface area (Å²) < 4.78 is 2.07. The quantitative estimate of drug-likeness (QED) is 0.664. The Kier molecular flexibility index (Phi) is 3.40. The maximum Gasteiger partial charge on any atom is 0.0991 e. The van der Waals surface area contributed by atoms with Gasteiger partial charge < -0.3 is 4.57 Å². The molecule has 0 spiro atoms. The average Bonchev–Trinajstić information content (AvgIpc) is 2.85. The van der Waals surface area contributed by atoms with E-state index in [9.17, 15) is 0 Å². The predicted octanol–water partition coefficient (Wildman–Crippen LogP) is 4.87. The van der Waals surface area contributed by atoms with Crippen LogP contribution in [0.4, 0.5) is 0 Å². The van der Waals surface area contributed by atoms with Gasteiger partial charge in [0.25, 0.3) is 0 Å². The third-order valence-corrected chi connectivity index (χ3v) is 4.00. The lowest BCUT2D eigenvalue weighted by molar-refractivity contribution is 0.837. The van der Waals surface area contributed by atoms with E-state index in [2.05, 4.69) is 10.6 Å². The zero-order chi connectivity index (χ0) is 14.1. The van der Waals surface area contributed by atoms with Crippen molar-refractivity contribution in [3.8, 4) is 6.07 Å². The predicted molar refractivity (Wildman–Crippen MR) is 82.2 cm³/mol. The molecule has 98 valence electrons. The molecule has 2 nitrogen and oxygen atoms in total. The van der Waals surface area contributed by atoms with Crippen molar-refractivity contribution in [2.45, 2.75) is 6.54 Å². The molecule has 1 heterocycles. The fraction of sp³-hybridized carbons (Fsp3) is 0.0625. The Labute approximate surface area is 126 Å². The topological polar surface area (TPSA) is 28.7 Å². The Balaban J connectivity index is 2.06. The number of fused-ring (bicyclic) bond motifs is 1. The molecule has 0 aliphatic rings. The Hall–Kier alpha value is -1.95. The number of hydrogen-bond acceptors (Lipinski definition) is 1. The van der Waals surface area contributed by atoms with E-state index >= 15 is 0 Å². The van der Waals surface area contributed by atoms with Crippen LogP contribution in [0.15, 0.2) is 48.7 Å². The normalized spacial score (nSPS) is 10.7. The average molecular weight is 301 g/mol. The monoisotopic (exact) mass is 300 g/mol. The zero-order valence-electron chi connectivity index (χ0n) is 10.5. The lowest BCUT2D eigenvalue weighted by Crippen LogP contribution is -1.99. The van der Waals surface area contributed by atoms with Crippen LogP contribution in [-0.4, -0.2) is 4.57 Å². The van der Waals surface area contributed by atoms with Gasteiger partial charge in [0.2, 0.25) is 0 Å².